The van der Waals surface area contributed by atoms with E-state index in [0.717, 1.165) is 25.0 Å². The molecule has 8 heteroatoms. The van der Waals surface area contributed by atoms with Crippen LogP contribution in [0, 0.1) is 5.92 Å². The summed E-state index contributed by atoms with van der Waals surface area (Å²) in [7, 11) is 1.39. The molecule has 2 rings (SSSR count). The molecule has 7 nitrogen and oxygen atoms in total. The van der Waals surface area contributed by atoms with Crippen LogP contribution in [0.2, 0.25) is 5.02 Å². The van der Waals surface area contributed by atoms with Crippen LogP contribution < -0.4 is 10.8 Å². The standard InChI is InChI=1S/C24H32ClN5O2/c1-6-10-18(7-2)26-14-16(3)17(4)28-23-13-22(20(25)15-27-23)29-21-12-9-8-11-19(21)24(31)30-32-5/h8-9,11-16,18H,6-7,10H2,1-5H3,(H,27,29)(H,30,31). The summed E-state index contributed by atoms with van der Waals surface area (Å²) in [5.74, 6) is 0.249. The lowest BCUT2D eigenvalue weighted by molar-refractivity contribution is 0.0538. The Bertz CT molecular complexity index is 961. The summed E-state index contributed by atoms with van der Waals surface area (Å²) in [6, 6.07) is 9.19. The fraction of sp³-hybridized carbons (Fsp3) is 0.417. The summed E-state index contributed by atoms with van der Waals surface area (Å²) in [5.41, 5.74) is 4.84. The number of hydroxylamine groups is 1. The molecule has 1 heterocycles. The summed E-state index contributed by atoms with van der Waals surface area (Å²) in [4.78, 5) is 30.7. The summed E-state index contributed by atoms with van der Waals surface area (Å²) < 4.78 is 0. The van der Waals surface area contributed by atoms with Gasteiger partial charge in [-0.05, 0) is 31.9 Å². The van der Waals surface area contributed by atoms with Crippen molar-refractivity contribution in [2.24, 2.45) is 15.9 Å². The summed E-state index contributed by atoms with van der Waals surface area (Å²) >= 11 is 6.35. The number of aliphatic imine (C=N–C) groups is 2. The molecule has 2 unspecified atom stereocenters. The van der Waals surface area contributed by atoms with Crippen LogP contribution in [0.4, 0.5) is 17.2 Å². The normalized spacial score (nSPS) is 13.8. The maximum absolute atomic E-state index is 12.2. The van der Waals surface area contributed by atoms with E-state index in [1.165, 1.54) is 7.11 Å². The smallest absolute Gasteiger partial charge is 0.276 e. The number of benzene rings is 1. The highest BCUT2D eigenvalue weighted by Gasteiger charge is 2.13. The maximum atomic E-state index is 12.2. The Labute approximate surface area is 195 Å². The molecule has 0 bridgehead atoms. The van der Waals surface area contributed by atoms with Crippen LogP contribution in [-0.4, -0.2) is 36.0 Å². The van der Waals surface area contributed by atoms with Gasteiger partial charge in [-0.1, -0.05) is 50.9 Å². The molecule has 0 spiro atoms. The first-order chi connectivity index (χ1) is 15.4. The minimum Gasteiger partial charge on any atom is -0.353 e. The van der Waals surface area contributed by atoms with E-state index in [9.17, 15) is 4.79 Å². The minimum absolute atomic E-state index is 0.0910. The number of hydrogen-bond donors (Lipinski definition) is 2. The van der Waals surface area contributed by atoms with Gasteiger partial charge in [0.1, 0.15) is 0 Å². The van der Waals surface area contributed by atoms with E-state index in [2.05, 4.69) is 41.5 Å². The minimum atomic E-state index is -0.364. The molecule has 2 N–H and O–H groups in total. The molecule has 0 aliphatic carbocycles. The fourth-order valence-corrected chi connectivity index (χ4v) is 3.18. The van der Waals surface area contributed by atoms with Crippen molar-refractivity contribution in [3.63, 3.8) is 0 Å². The van der Waals surface area contributed by atoms with Gasteiger partial charge in [-0.15, -0.1) is 0 Å². The van der Waals surface area contributed by atoms with Crippen molar-refractivity contribution in [3.05, 3.63) is 47.1 Å². The molecular weight excluding hydrogens is 426 g/mol. The summed E-state index contributed by atoms with van der Waals surface area (Å²) in [6.07, 6.45) is 6.76. The van der Waals surface area contributed by atoms with Crippen molar-refractivity contribution in [2.45, 2.75) is 53.0 Å². The summed E-state index contributed by atoms with van der Waals surface area (Å²) in [6.45, 7) is 8.37. The molecular formula is C24H32ClN5O2. The third-order valence-corrected chi connectivity index (χ3v) is 5.34. The van der Waals surface area contributed by atoms with Crippen molar-refractivity contribution in [3.8, 4) is 0 Å². The molecule has 0 saturated heterocycles. The second-order valence-electron chi connectivity index (χ2n) is 7.52. The third kappa shape index (κ3) is 7.43. The SMILES string of the molecule is CCCC(CC)N=CC(C)C(C)=Nc1cc(Nc2ccccc2C(=O)NOC)c(Cl)cn1. The first kappa shape index (κ1) is 25.5. The molecule has 1 amide bonds. The maximum Gasteiger partial charge on any atom is 0.276 e. The number of nitrogens with one attached hydrogen (secondary N) is 2. The Morgan fingerprint density at radius 2 is 2.03 bits per heavy atom. The van der Waals surface area contributed by atoms with Crippen molar-refractivity contribution in [1.82, 2.24) is 10.5 Å². The molecule has 0 radical (unpaired) electrons. The van der Waals surface area contributed by atoms with Crippen molar-refractivity contribution >= 4 is 46.6 Å². The van der Waals surface area contributed by atoms with E-state index >= 15 is 0 Å². The number of nitrogens with zero attached hydrogens (tertiary/aromatic N) is 3. The molecule has 2 aromatic rings. The number of rotatable bonds is 11. The van der Waals surface area contributed by atoms with Gasteiger partial charge in [0, 0.05) is 30.0 Å². The molecule has 172 valence electrons. The highest BCUT2D eigenvalue weighted by molar-refractivity contribution is 6.33. The van der Waals surface area contributed by atoms with Gasteiger partial charge < -0.3 is 5.32 Å². The van der Waals surface area contributed by atoms with Gasteiger partial charge in [0.15, 0.2) is 5.82 Å². The molecule has 0 fully saturated rings. The van der Waals surface area contributed by atoms with Crippen LogP contribution in [0.1, 0.15) is 57.3 Å². The number of halogens is 1. The van der Waals surface area contributed by atoms with E-state index in [0.29, 0.717) is 33.8 Å². The monoisotopic (exact) mass is 457 g/mol. The quantitative estimate of drug-likeness (QED) is 0.313. The number of amides is 1. The lowest BCUT2D eigenvalue weighted by Crippen LogP contribution is -2.22. The highest BCUT2D eigenvalue weighted by atomic mass is 35.5. The molecule has 1 aromatic carbocycles. The fourth-order valence-electron chi connectivity index (χ4n) is 3.03. The number of pyridine rings is 1. The third-order valence-electron chi connectivity index (χ3n) is 5.04. The average molecular weight is 458 g/mol. The van der Waals surface area contributed by atoms with Gasteiger partial charge in [0.05, 0.1) is 35.3 Å². The number of hydrogen-bond acceptors (Lipinski definition) is 6. The number of carbonyl (C=O) groups is 1. The van der Waals surface area contributed by atoms with Crippen LogP contribution >= 0.6 is 11.6 Å². The molecule has 2 atom stereocenters. The Hall–Kier alpha value is -2.77. The second kappa shape index (κ2) is 12.9. The van der Waals surface area contributed by atoms with Gasteiger partial charge in [-0.3, -0.25) is 14.6 Å². The van der Waals surface area contributed by atoms with Crippen molar-refractivity contribution in [1.29, 1.82) is 0 Å². The van der Waals surface area contributed by atoms with Gasteiger partial charge in [0.25, 0.3) is 5.91 Å². The zero-order valence-electron chi connectivity index (χ0n) is 19.4. The van der Waals surface area contributed by atoms with E-state index in [4.69, 9.17) is 21.4 Å². The Morgan fingerprint density at radius 3 is 2.72 bits per heavy atom. The Morgan fingerprint density at radius 1 is 1.28 bits per heavy atom. The second-order valence-corrected chi connectivity index (χ2v) is 7.93. The van der Waals surface area contributed by atoms with Gasteiger partial charge >= 0.3 is 0 Å². The Kier molecular flexibility index (Phi) is 10.3. The van der Waals surface area contributed by atoms with Gasteiger partial charge in [0.2, 0.25) is 0 Å². The van der Waals surface area contributed by atoms with E-state index < -0.39 is 0 Å². The van der Waals surface area contributed by atoms with Crippen LogP contribution in [0.3, 0.4) is 0 Å². The number of anilines is 2. The van der Waals surface area contributed by atoms with E-state index in [1.54, 1.807) is 30.5 Å². The molecule has 0 saturated carbocycles. The highest BCUT2D eigenvalue weighted by Crippen LogP contribution is 2.29. The van der Waals surface area contributed by atoms with Crippen LogP contribution in [0.25, 0.3) is 0 Å². The largest absolute Gasteiger partial charge is 0.353 e. The lowest BCUT2D eigenvalue weighted by atomic mass is 10.1. The number of para-hydroxylation sites is 1. The topological polar surface area (TPSA) is 88.0 Å². The Balaban J connectivity index is 2.23. The average Bonchev–Trinajstić information content (AvgIpc) is 2.79. The first-order valence-corrected chi connectivity index (χ1v) is 11.2. The zero-order chi connectivity index (χ0) is 23.5. The van der Waals surface area contributed by atoms with E-state index in [1.807, 2.05) is 19.2 Å². The van der Waals surface area contributed by atoms with Gasteiger partial charge in [-0.25, -0.2) is 15.5 Å². The van der Waals surface area contributed by atoms with Crippen molar-refractivity contribution < 1.29 is 9.63 Å². The number of carbonyl (C=O) groups excluding carboxylic acids is 1. The first-order valence-electron chi connectivity index (χ1n) is 10.8. The molecule has 32 heavy (non-hydrogen) atoms. The summed E-state index contributed by atoms with van der Waals surface area (Å²) in [5, 5.41) is 3.62. The zero-order valence-corrected chi connectivity index (χ0v) is 20.1. The predicted molar refractivity (Wildman–Crippen MR) is 133 cm³/mol. The van der Waals surface area contributed by atoms with Crippen LogP contribution in [0.15, 0.2) is 46.5 Å². The molecule has 0 aliphatic heterocycles. The predicted octanol–water partition coefficient (Wildman–Crippen LogP) is 6.15. The molecule has 0 aliphatic rings. The van der Waals surface area contributed by atoms with Crippen LogP contribution in [-0.2, 0) is 4.84 Å². The van der Waals surface area contributed by atoms with E-state index in [-0.39, 0.29) is 11.8 Å². The van der Waals surface area contributed by atoms with Gasteiger partial charge in [-0.2, -0.15) is 0 Å². The number of aromatic nitrogens is 1. The van der Waals surface area contributed by atoms with Crippen LogP contribution in [0.5, 0.6) is 0 Å². The van der Waals surface area contributed by atoms with Crippen molar-refractivity contribution in [2.75, 3.05) is 12.4 Å². The molecule has 1 aromatic heterocycles. The lowest BCUT2D eigenvalue weighted by Gasteiger charge is -2.13.